The summed E-state index contributed by atoms with van der Waals surface area (Å²) in [5, 5.41) is 4.50. The first-order valence-corrected chi connectivity index (χ1v) is 9.92. The SMILES string of the molecule is CCNC(=NCCc1ncc(C)s1)N(C)Cc1cc(OC)c(OC)cc1C.I. The van der Waals surface area contributed by atoms with Crippen LogP contribution in [0, 0.1) is 13.8 Å². The average Bonchev–Trinajstić information content (AvgIpc) is 3.07. The number of aliphatic imine (C=N–C) groups is 1. The monoisotopic (exact) mass is 518 g/mol. The topological polar surface area (TPSA) is 59.0 Å². The average molecular weight is 518 g/mol. The van der Waals surface area contributed by atoms with E-state index in [0.29, 0.717) is 6.54 Å². The maximum absolute atomic E-state index is 5.44. The molecule has 0 spiro atoms. The maximum atomic E-state index is 5.44. The van der Waals surface area contributed by atoms with Gasteiger partial charge >= 0.3 is 0 Å². The Kier molecular flexibility index (Phi) is 10.6. The van der Waals surface area contributed by atoms with E-state index in [1.165, 1.54) is 10.4 Å². The molecule has 1 aromatic carbocycles. The Morgan fingerprint density at radius 3 is 2.46 bits per heavy atom. The van der Waals surface area contributed by atoms with Crippen LogP contribution in [-0.2, 0) is 13.0 Å². The first kappa shape index (κ1) is 24.5. The van der Waals surface area contributed by atoms with Gasteiger partial charge in [0, 0.05) is 44.2 Å². The van der Waals surface area contributed by atoms with Crippen molar-refractivity contribution in [3.05, 3.63) is 39.3 Å². The largest absolute Gasteiger partial charge is 0.493 e. The smallest absolute Gasteiger partial charge is 0.193 e. The van der Waals surface area contributed by atoms with Gasteiger partial charge in [-0.3, -0.25) is 4.99 Å². The van der Waals surface area contributed by atoms with Crippen LogP contribution in [0.5, 0.6) is 11.5 Å². The van der Waals surface area contributed by atoms with Crippen molar-refractivity contribution < 1.29 is 9.47 Å². The molecule has 0 amide bonds. The van der Waals surface area contributed by atoms with Gasteiger partial charge in [-0.2, -0.15) is 0 Å². The molecule has 8 heteroatoms. The Bertz CT molecular complexity index is 780. The van der Waals surface area contributed by atoms with E-state index >= 15 is 0 Å². The van der Waals surface area contributed by atoms with Crippen LogP contribution >= 0.6 is 35.3 Å². The zero-order valence-electron chi connectivity index (χ0n) is 17.5. The third-order valence-corrected chi connectivity index (χ3v) is 5.18. The predicted molar refractivity (Wildman–Crippen MR) is 128 cm³/mol. The third kappa shape index (κ3) is 6.80. The number of aromatic nitrogens is 1. The number of hydrogen-bond donors (Lipinski definition) is 1. The fraction of sp³-hybridized carbons (Fsp3) is 0.500. The van der Waals surface area contributed by atoms with E-state index in [2.05, 4.69) is 36.0 Å². The van der Waals surface area contributed by atoms with Crippen molar-refractivity contribution in [2.24, 2.45) is 4.99 Å². The fourth-order valence-electron chi connectivity index (χ4n) is 2.77. The zero-order valence-corrected chi connectivity index (χ0v) is 20.7. The molecule has 1 N–H and O–H groups in total. The van der Waals surface area contributed by atoms with Gasteiger partial charge in [0.15, 0.2) is 17.5 Å². The molecule has 2 rings (SSSR count). The van der Waals surface area contributed by atoms with Gasteiger partial charge in [0.25, 0.3) is 0 Å². The van der Waals surface area contributed by atoms with Crippen molar-refractivity contribution in [3.8, 4) is 11.5 Å². The summed E-state index contributed by atoms with van der Waals surface area (Å²) in [6.45, 7) is 8.51. The lowest BCUT2D eigenvalue weighted by molar-refractivity contribution is 0.353. The molecule has 0 fully saturated rings. The minimum absolute atomic E-state index is 0. The van der Waals surface area contributed by atoms with Gasteiger partial charge in [0.05, 0.1) is 19.2 Å². The van der Waals surface area contributed by atoms with Gasteiger partial charge < -0.3 is 19.7 Å². The zero-order chi connectivity index (χ0) is 19.8. The Hall–Kier alpha value is -1.55. The number of rotatable bonds is 8. The highest BCUT2D eigenvalue weighted by molar-refractivity contribution is 14.0. The molecule has 0 saturated heterocycles. The summed E-state index contributed by atoms with van der Waals surface area (Å²) < 4.78 is 10.8. The van der Waals surface area contributed by atoms with Crippen molar-refractivity contribution in [2.75, 3.05) is 34.4 Å². The van der Waals surface area contributed by atoms with Crippen LogP contribution < -0.4 is 14.8 Å². The molecule has 0 radical (unpaired) electrons. The van der Waals surface area contributed by atoms with Crippen molar-refractivity contribution in [1.82, 2.24) is 15.2 Å². The molecule has 0 aliphatic rings. The number of hydrogen-bond acceptors (Lipinski definition) is 5. The van der Waals surface area contributed by atoms with Gasteiger partial charge in [-0.1, -0.05) is 0 Å². The van der Waals surface area contributed by atoms with Crippen LogP contribution in [0.2, 0.25) is 0 Å². The molecule has 2 aromatic rings. The summed E-state index contributed by atoms with van der Waals surface area (Å²) in [6, 6.07) is 4.05. The number of aryl methyl sites for hydroxylation is 2. The lowest BCUT2D eigenvalue weighted by Gasteiger charge is -2.23. The number of thiazole rings is 1. The van der Waals surface area contributed by atoms with E-state index in [1.54, 1.807) is 25.6 Å². The maximum Gasteiger partial charge on any atom is 0.193 e. The molecule has 0 atom stereocenters. The van der Waals surface area contributed by atoms with Gasteiger partial charge in [0.1, 0.15) is 0 Å². The van der Waals surface area contributed by atoms with Crippen LogP contribution in [0.15, 0.2) is 23.3 Å². The highest BCUT2D eigenvalue weighted by Gasteiger charge is 2.12. The van der Waals surface area contributed by atoms with E-state index in [9.17, 15) is 0 Å². The molecular weight excluding hydrogens is 487 g/mol. The van der Waals surface area contributed by atoms with Crippen LogP contribution in [0.1, 0.15) is 27.9 Å². The number of ether oxygens (including phenoxy) is 2. The molecule has 0 unspecified atom stereocenters. The summed E-state index contributed by atoms with van der Waals surface area (Å²) in [6.07, 6.45) is 2.78. The molecule has 156 valence electrons. The summed E-state index contributed by atoms with van der Waals surface area (Å²) >= 11 is 1.73. The standard InChI is InChI=1S/C20H30N4O2S.HI/c1-7-21-20(22-9-8-19-23-12-15(3)27-19)24(4)13-16-11-18(26-6)17(25-5)10-14(16)2;/h10-12H,7-9,13H2,1-6H3,(H,21,22);1H. The number of nitrogens with one attached hydrogen (secondary N) is 1. The van der Waals surface area contributed by atoms with Crippen molar-refractivity contribution in [1.29, 1.82) is 0 Å². The predicted octanol–water partition coefficient (Wildman–Crippen LogP) is 4.04. The van der Waals surface area contributed by atoms with E-state index in [1.807, 2.05) is 25.4 Å². The van der Waals surface area contributed by atoms with E-state index < -0.39 is 0 Å². The molecule has 0 bridgehead atoms. The minimum Gasteiger partial charge on any atom is -0.493 e. The van der Waals surface area contributed by atoms with Crippen LogP contribution in [0.25, 0.3) is 0 Å². The van der Waals surface area contributed by atoms with E-state index in [4.69, 9.17) is 14.5 Å². The normalized spacial score (nSPS) is 11.0. The third-order valence-electron chi connectivity index (χ3n) is 4.20. The summed E-state index contributed by atoms with van der Waals surface area (Å²) in [5.41, 5.74) is 2.34. The molecular formula is C20H31IN4O2S. The lowest BCUT2D eigenvalue weighted by Crippen LogP contribution is -2.38. The second-order valence-electron chi connectivity index (χ2n) is 6.34. The van der Waals surface area contributed by atoms with Gasteiger partial charge in [0.2, 0.25) is 0 Å². The van der Waals surface area contributed by atoms with Crippen LogP contribution in [-0.4, -0.2) is 50.2 Å². The van der Waals surface area contributed by atoms with Crippen LogP contribution in [0.3, 0.4) is 0 Å². The highest BCUT2D eigenvalue weighted by atomic mass is 127. The second-order valence-corrected chi connectivity index (χ2v) is 7.66. The summed E-state index contributed by atoms with van der Waals surface area (Å²) in [7, 11) is 5.36. The number of benzene rings is 1. The number of halogens is 1. The Labute approximate surface area is 189 Å². The van der Waals surface area contributed by atoms with Gasteiger partial charge in [-0.25, -0.2) is 4.98 Å². The molecule has 1 aromatic heterocycles. The van der Waals surface area contributed by atoms with Crippen LogP contribution in [0.4, 0.5) is 0 Å². The summed E-state index contributed by atoms with van der Waals surface area (Å²) in [4.78, 5) is 12.5. The Balaban J connectivity index is 0.00000392. The van der Waals surface area contributed by atoms with Crippen molar-refractivity contribution in [3.63, 3.8) is 0 Å². The van der Waals surface area contributed by atoms with Gasteiger partial charge in [-0.05, 0) is 44.0 Å². The molecule has 0 aliphatic carbocycles. The number of nitrogens with zero attached hydrogens (tertiary/aromatic N) is 3. The fourth-order valence-corrected chi connectivity index (χ4v) is 3.54. The first-order valence-electron chi connectivity index (χ1n) is 9.10. The van der Waals surface area contributed by atoms with Crippen molar-refractivity contribution >= 4 is 41.3 Å². The van der Waals surface area contributed by atoms with Crippen molar-refractivity contribution in [2.45, 2.75) is 33.7 Å². The molecule has 28 heavy (non-hydrogen) atoms. The molecule has 6 nitrogen and oxygen atoms in total. The Morgan fingerprint density at radius 2 is 1.89 bits per heavy atom. The number of methoxy groups -OCH3 is 2. The molecule has 0 saturated carbocycles. The Morgan fingerprint density at radius 1 is 1.21 bits per heavy atom. The second kappa shape index (κ2) is 12.1. The lowest BCUT2D eigenvalue weighted by atomic mass is 10.1. The summed E-state index contributed by atoms with van der Waals surface area (Å²) in [5.74, 6) is 2.38. The highest BCUT2D eigenvalue weighted by Crippen LogP contribution is 2.30. The quantitative estimate of drug-likeness (QED) is 0.325. The van der Waals surface area contributed by atoms with Gasteiger partial charge in [-0.15, -0.1) is 35.3 Å². The van der Waals surface area contributed by atoms with E-state index in [0.717, 1.165) is 47.5 Å². The minimum atomic E-state index is 0. The number of guanidine groups is 1. The van der Waals surface area contributed by atoms with E-state index in [-0.39, 0.29) is 24.0 Å². The molecule has 1 heterocycles. The first-order chi connectivity index (χ1) is 13.0. The molecule has 0 aliphatic heterocycles.